The zero-order valence-electron chi connectivity index (χ0n) is 83.7. The lowest BCUT2D eigenvalue weighted by atomic mass is 9.81. The second-order valence-electron chi connectivity index (χ2n) is 36.1. The number of nitrogens with one attached hydrogen (secondary N) is 8. The molecule has 2 fully saturated rings. The van der Waals surface area contributed by atoms with Gasteiger partial charge in [0.15, 0.2) is 34.9 Å². The quantitative estimate of drug-likeness (QED) is 0.0110. The molecule has 2 aliphatic rings. The highest BCUT2D eigenvalue weighted by Crippen LogP contribution is 2.31. The summed E-state index contributed by atoms with van der Waals surface area (Å²) in [6.45, 7) is 14.7. The Balaban J connectivity index is 1.53. The van der Waals surface area contributed by atoms with Crippen LogP contribution in [0.25, 0.3) is 0 Å². The summed E-state index contributed by atoms with van der Waals surface area (Å²) in [5.74, 6) is -14.6. The monoisotopic (exact) mass is 2070 g/mol. The van der Waals surface area contributed by atoms with Crippen LogP contribution in [0.4, 0.5) is 0 Å². The predicted octanol–water partition coefficient (Wildman–Crippen LogP) is 3.96. The maximum Gasteiger partial charge on any atom is 0.304 e. The first-order valence-corrected chi connectivity index (χ1v) is 52.7. The molecule has 1 aromatic rings. The van der Waals surface area contributed by atoms with Crippen molar-refractivity contribution in [1.29, 1.82) is 0 Å². The van der Waals surface area contributed by atoms with E-state index in [9.17, 15) is 92.2 Å². The molecule has 2 saturated heterocycles. The molecule has 2 aliphatic heterocycles. The van der Waals surface area contributed by atoms with Gasteiger partial charge in [-0.2, -0.15) is 0 Å². The number of aliphatic carboxylic acids is 1. The summed E-state index contributed by atoms with van der Waals surface area (Å²) in [5.41, 5.74) is 17.4. The number of carboxylic acids is 1. The molecule has 0 aliphatic carbocycles. The van der Waals surface area contributed by atoms with Crippen LogP contribution in [-0.4, -0.2) is 344 Å². The maximum atomic E-state index is 14.9. The van der Waals surface area contributed by atoms with Crippen LogP contribution in [-0.2, 0) is 131 Å². The molecule has 0 aromatic heterocycles. The van der Waals surface area contributed by atoms with Crippen LogP contribution < -0.4 is 59.7 Å². The van der Waals surface area contributed by atoms with Gasteiger partial charge in [0.05, 0.1) is 146 Å². The first kappa shape index (κ1) is 127. The van der Waals surface area contributed by atoms with E-state index in [0.29, 0.717) is 114 Å². The lowest BCUT2D eigenvalue weighted by Crippen LogP contribution is -2.53. The number of amides is 8. The van der Waals surface area contributed by atoms with E-state index in [1.165, 1.54) is 0 Å². The van der Waals surface area contributed by atoms with E-state index in [0.717, 1.165) is 78.4 Å². The van der Waals surface area contributed by atoms with E-state index in [4.69, 9.17) is 64.6 Å². The number of hydrogen-bond donors (Lipinski definition) is 14. The number of hydrogen-bond acceptors (Lipinski definition) is 35. The largest absolute Gasteiger partial charge is 0.481 e. The smallest absolute Gasteiger partial charge is 0.304 e. The second-order valence-corrected chi connectivity index (χ2v) is 39.6. The molecular formula is C96H158N14O29S3. The minimum Gasteiger partial charge on any atom is -0.481 e. The number of primary amides is 1. The van der Waals surface area contributed by atoms with E-state index in [1.54, 1.807) is 37.3 Å². The number of guanidine groups is 1. The van der Waals surface area contributed by atoms with Crippen molar-refractivity contribution in [1.82, 2.24) is 42.5 Å². The fraction of sp³-hybridized carbons (Fsp3) is 0.740. The third-order valence-corrected chi connectivity index (χ3v) is 26.9. The SMILES string of the molecule is C/C(=N/O)C(C)(C)CCCC(CCCC(=O)CCCC(=O)CCCOCCOCCOCCOCCOCCNC(=O)COCC(=O)NCCCC[C@@H]1NC(=O)CSC[C@@H](C(=O)CCCOCCOCCOCCCC(=O)COCC(N)=O)NC(=O)[C@H](Cc2ccccc2)CC(=O)[C@@H]2CSSC[C@H](NC1=O)C(=O)C[C@@H](CCCN=C(N)N)C(=O)NCC(=O)C[C@@H](CC(=O)O)C(=O)N2)CCNC(C)(C)/C(C)=N\O. The molecular weight excluding hydrogens is 1910 g/mol. The summed E-state index contributed by atoms with van der Waals surface area (Å²) in [7, 11) is 1.97. The Morgan fingerprint density at radius 1 is 0.486 bits per heavy atom. The molecule has 3 rings (SSSR count). The Hall–Kier alpha value is -9.04. The van der Waals surface area contributed by atoms with Crippen molar-refractivity contribution in [3.63, 3.8) is 0 Å². The van der Waals surface area contributed by atoms with E-state index in [-0.39, 0.29) is 202 Å². The summed E-state index contributed by atoms with van der Waals surface area (Å²) in [6, 6.07) is 3.14. The number of thioether (sulfide) groups is 1. The number of oxime groups is 2. The van der Waals surface area contributed by atoms with Crippen LogP contribution in [0.5, 0.6) is 0 Å². The fourth-order valence-electron chi connectivity index (χ4n) is 14.6. The van der Waals surface area contributed by atoms with E-state index in [1.807, 2.05) is 20.8 Å². The minimum absolute atomic E-state index is 0.00988. The summed E-state index contributed by atoms with van der Waals surface area (Å²) >= 11 is 0.945. The van der Waals surface area contributed by atoms with Gasteiger partial charge in [0.2, 0.25) is 47.3 Å². The van der Waals surface area contributed by atoms with Gasteiger partial charge in [-0.25, -0.2) is 0 Å². The van der Waals surface area contributed by atoms with Gasteiger partial charge in [0, 0.05) is 132 Å². The summed E-state index contributed by atoms with van der Waals surface area (Å²) < 4.78 is 55.0. The standard InChI is InChI=1S/C96H158N14O29S3/c1-67(109-128)95(3,4)32-14-22-69(31-35-104-96(5,6)68(2)110-129)21-12-24-74(111)25-13-26-75(112)27-16-37-130-41-46-135-49-51-137-52-50-136-48-44-133-40-36-101-87(120)62-139-61-86(119)100-33-11-10-29-78-93(127)108-81-65-142-141-64-80(107-92(126)73(57-89(122)123)54-77(114)58-103-90(124)71(55-83(81)116)23-15-34-102-94(98)99)84(117)56-72(53-70-19-8-7-9-20-70)91(125)106-79(63-140-66-88(121)105-78)82(115)30-18-39-132-43-47-134-45-42-131-38-17-28-76(113)59-138-60-85(97)118/h7-9,19-20,69,71-73,78-81,104,128-129H,10-18,21-66H2,1-6H3,(H2,97,118)(H,100,119)(H,101,120)(H,103,124)(H,105,121)(H,106,125)(H,107,126)(H,108,127)(H,122,123)(H4,98,99,102)/b109-67-,110-68-/t69?,71-,72-,73+,78+,79+,80+,81+/m1/s1. The van der Waals surface area contributed by atoms with Gasteiger partial charge in [-0.1, -0.05) is 88.9 Å². The first-order chi connectivity index (χ1) is 68.0. The van der Waals surface area contributed by atoms with Crippen molar-refractivity contribution in [2.24, 2.45) is 61.6 Å². The number of carbonyl (C=O) groups excluding carboxylic acids is 15. The number of ketones is 7. The molecule has 1 aromatic carbocycles. The highest BCUT2D eigenvalue weighted by Gasteiger charge is 2.37. The third kappa shape index (κ3) is 62.6. The zero-order valence-corrected chi connectivity index (χ0v) is 86.1. The Bertz CT molecular complexity index is 4020. The number of nitrogens with two attached hydrogens (primary N) is 3. The Kier molecular flexibility index (Phi) is 69.3. The Labute approximate surface area is 845 Å². The minimum atomic E-state index is -1.55. The van der Waals surface area contributed by atoms with E-state index in [2.05, 4.69) is 71.7 Å². The van der Waals surface area contributed by atoms with Crippen molar-refractivity contribution in [3.05, 3.63) is 35.9 Å². The molecule has 0 radical (unpaired) electrons. The Morgan fingerprint density at radius 2 is 0.993 bits per heavy atom. The molecule has 2 heterocycles. The van der Waals surface area contributed by atoms with Crippen LogP contribution >= 0.6 is 33.3 Å². The van der Waals surface area contributed by atoms with Crippen LogP contribution in [0, 0.1) is 29.1 Å². The molecule has 8 amide bonds. The van der Waals surface area contributed by atoms with Gasteiger partial charge in [-0.3, -0.25) is 81.7 Å². The molecule has 142 heavy (non-hydrogen) atoms. The van der Waals surface area contributed by atoms with Gasteiger partial charge in [-0.15, -0.1) is 11.8 Å². The average Bonchev–Trinajstić information content (AvgIpc) is 0.885. The van der Waals surface area contributed by atoms with Gasteiger partial charge >= 0.3 is 5.97 Å². The van der Waals surface area contributed by atoms with Crippen molar-refractivity contribution in [3.8, 4) is 0 Å². The maximum absolute atomic E-state index is 14.9. The van der Waals surface area contributed by atoms with Gasteiger partial charge in [-0.05, 0) is 136 Å². The molecule has 17 N–H and O–H groups in total. The third-order valence-electron chi connectivity index (χ3n) is 23.4. The molecule has 804 valence electrons. The number of rotatable bonds is 73. The first-order valence-electron chi connectivity index (χ1n) is 49.0. The van der Waals surface area contributed by atoms with Crippen molar-refractivity contribution in [2.75, 3.05) is 188 Å². The molecule has 0 saturated carbocycles. The lowest BCUT2D eigenvalue weighted by molar-refractivity contribution is -0.142. The number of aliphatic imine (C=N–C) groups is 1. The number of fused-ring (bicyclic) bond motifs is 5. The number of Topliss-reactive ketones (excluding diaryl/α,β-unsaturated/α-hetero) is 7. The number of ether oxygens (including phenoxy) is 10. The highest BCUT2D eigenvalue weighted by atomic mass is 33.1. The number of nitrogens with zero attached hydrogens (tertiary/aromatic N) is 3. The van der Waals surface area contributed by atoms with Crippen molar-refractivity contribution >= 4 is 144 Å². The van der Waals surface area contributed by atoms with Gasteiger partial charge < -0.3 is 123 Å². The van der Waals surface area contributed by atoms with Crippen molar-refractivity contribution in [2.45, 2.75) is 238 Å². The molecule has 8 atom stereocenters. The number of unbranched alkanes of at least 4 members (excludes halogenated alkanes) is 1. The number of benzene rings is 1. The van der Waals surface area contributed by atoms with Gasteiger partial charge in [0.25, 0.3) is 0 Å². The fourth-order valence-corrected chi connectivity index (χ4v) is 17.9. The highest BCUT2D eigenvalue weighted by molar-refractivity contribution is 8.76. The molecule has 43 nitrogen and oxygen atoms in total. The Morgan fingerprint density at radius 3 is 1.56 bits per heavy atom. The summed E-state index contributed by atoms with van der Waals surface area (Å²) in [4.78, 5) is 220. The second kappa shape index (κ2) is 77.4. The van der Waals surface area contributed by atoms with E-state index >= 15 is 0 Å². The van der Waals surface area contributed by atoms with Gasteiger partial charge in [0.1, 0.15) is 44.0 Å². The summed E-state index contributed by atoms with van der Waals surface area (Å²) in [6.07, 6.45) is 6.53. The van der Waals surface area contributed by atoms with E-state index < -0.39 is 169 Å². The molecule has 2 bridgehead atoms. The predicted molar refractivity (Wildman–Crippen MR) is 535 cm³/mol. The molecule has 0 spiro atoms. The lowest BCUT2D eigenvalue weighted by Gasteiger charge is -2.28. The van der Waals surface area contributed by atoms with Crippen LogP contribution in [0.2, 0.25) is 0 Å². The molecule has 1 unspecified atom stereocenters. The topological polar surface area (TPSA) is 637 Å². The van der Waals surface area contributed by atoms with Crippen LogP contribution in [0.15, 0.2) is 45.6 Å². The van der Waals surface area contributed by atoms with Crippen LogP contribution in [0.1, 0.15) is 208 Å². The normalized spacial score (nSPS) is 18.6. The van der Waals surface area contributed by atoms with Crippen molar-refractivity contribution < 1.29 is 140 Å². The average molecular weight is 2070 g/mol. The zero-order chi connectivity index (χ0) is 105. The van der Waals surface area contributed by atoms with Crippen LogP contribution in [0.3, 0.4) is 0 Å². The summed E-state index contributed by atoms with van der Waals surface area (Å²) in [5, 5.41) is 57.7. The molecule has 46 heteroatoms. The number of carboxylic acid groups (broad SMARTS) is 1. The number of carbonyl (C=O) groups is 16.